The van der Waals surface area contributed by atoms with E-state index in [0.29, 0.717) is 13.0 Å². The van der Waals surface area contributed by atoms with Crippen molar-refractivity contribution in [1.82, 2.24) is 5.32 Å². The number of para-hydroxylation sites is 1. The number of carbonyl (C=O) groups excluding carboxylic acids is 1. The average Bonchev–Trinajstić information content (AvgIpc) is 2.36. The van der Waals surface area contributed by atoms with E-state index >= 15 is 0 Å². The molecule has 1 aromatic carbocycles. The van der Waals surface area contributed by atoms with Crippen LogP contribution in [-0.4, -0.2) is 26.2 Å². The van der Waals surface area contributed by atoms with Crippen molar-refractivity contribution in [2.45, 2.75) is 25.9 Å². The highest BCUT2D eigenvalue weighted by atomic mass is 16.5. The summed E-state index contributed by atoms with van der Waals surface area (Å²) in [5.74, 6) is 0.648. The molecule has 1 N–H and O–H groups in total. The molecule has 0 aliphatic heterocycles. The van der Waals surface area contributed by atoms with Gasteiger partial charge in [0.1, 0.15) is 5.75 Å². The number of rotatable bonds is 6. The Morgan fingerprint density at radius 3 is 2.71 bits per heavy atom. The van der Waals surface area contributed by atoms with Crippen LogP contribution in [0.25, 0.3) is 0 Å². The zero-order valence-electron chi connectivity index (χ0n) is 10.5. The number of ether oxygens (including phenoxy) is 2. The lowest BCUT2D eigenvalue weighted by Gasteiger charge is -2.14. The van der Waals surface area contributed by atoms with Gasteiger partial charge < -0.3 is 14.8 Å². The molecular weight excluding hydrogens is 218 g/mol. The monoisotopic (exact) mass is 237 g/mol. The lowest BCUT2D eigenvalue weighted by Crippen LogP contribution is -2.28. The first-order chi connectivity index (χ1) is 8.17. The standard InChI is InChI=1S/C13H19NO3/c1-10(8-13(15)17-3)14-9-11-6-4-5-7-12(11)16-2/h4-7,10,14H,8-9H2,1-3H3. The second kappa shape index (κ2) is 6.91. The molecule has 1 aromatic rings. The number of carbonyl (C=O) groups is 1. The zero-order chi connectivity index (χ0) is 12.7. The Hall–Kier alpha value is -1.55. The normalized spacial score (nSPS) is 11.9. The smallest absolute Gasteiger partial charge is 0.307 e. The van der Waals surface area contributed by atoms with Gasteiger partial charge in [-0.05, 0) is 13.0 Å². The van der Waals surface area contributed by atoms with Gasteiger partial charge in [0.05, 0.1) is 20.6 Å². The Bertz CT molecular complexity index is 365. The summed E-state index contributed by atoms with van der Waals surface area (Å²) >= 11 is 0. The maximum atomic E-state index is 11.1. The van der Waals surface area contributed by atoms with Crippen molar-refractivity contribution < 1.29 is 14.3 Å². The number of benzene rings is 1. The Labute approximate surface area is 102 Å². The van der Waals surface area contributed by atoms with Crippen molar-refractivity contribution in [3.05, 3.63) is 29.8 Å². The molecule has 0 spiro atoms. The minimum absolute atomic E-state index is 0.0763. The van der Waals surface area contributed by atoms with Crippen LogP contribution in [0.15, 0.2) is 24.3 Å². The van der Waals surface area contributed by atoms with Crippen molar-refractivity contribution in [2.75, 3.05) is 14.2 Å². The summed E-state index contributed by atoms with van der Waals surface area (Å²) in [6, 6.07) is 7.89. The lowest BCUT2D eigenvalue weighted by atomic mass is 10.1. The van der Waals surface area contributed by atoms with Crippen molar-refractivity contribution >= 4 is 5.97 Å². The van der Waals surface area contributed by atoms with Gasteiger partial charge in [-0.3, -0.25) is 4.79 Å². The Morgan fingerprint density at radius 1 is 1.35 bits per heavy atom. The molecule has 0 aliphatic rings. The number of nitrogens with one attached hydrogen (secondary N) is 1. The number of methoxy groups -OCH3 is 2. The summed E-state index contributed by atoms with van der Waals surface area (Å²) in [4.78, 5) is 11.1. The molecule has 94 valence electrons. The molecule has 1 rings (SSSR count). The van der Waals surface area contributed by atoms with Gasteiger partial charge in [0.25, 0.3) is 0 Å². The maximum absolute atomic E-state index is 11.1. The molecule has 0 saturated carbocycles. The predicted octanol–water partition coefficient (Wildman–Crippen LogP) is 1.74. The number of hydrogen-bond donors (Lipinski definition) is 1. The van der Waals surface area contributed by atoms with Crippen molar-refractivity contribution in [3.63, 3.8) is 0 Å². The Balaban J connectivity index is 2.47. The lowest BCUT2D eigenvalue weighted by molar-refractivity contribution is -0.141. The summed E-state index contributed by atoms with van der Waals surface area (Å²) in [5, 5.41) is 3.26. The first-order valence-corrected chi connectivity index (χ1v) is 5.59. The van der Waals surface area contributed by atoms with Crippen molar-refractivity contribution in [3.8, 4) is 5.75 Å². The fourth-order valence-corrected chi connectivity index (χ4v) is 1.54. The summed E-state index contributed by atoms with van der Waals surface area (Å²) in [7, 11) is 3.05. The average molecular weight is 237 g/mol. The van der Waals surface area contributed by atoms with Gasteiger partial charge in [-0.25, -0.2) is 0 Å². The number of esters is 1. The molecule has 0 aromatic heterocycles. The molecule has 4 nitrogen and oxygen atoms in total. The van der Waals surface area contributed by atoms with E-state index in [1.165, 1.54) is 7.11 Å². The van der Waals surface area contributed by atoms with Gasteiger partial charge in [0.2, 0.25) is 0 Å². The molecule has 0 fully saturated rings. The van der Waals surface area contributed by atoms with Crippen LogP contribution in [0.4, 0.5) is 0 Å². The first kappa shape index (κ1) is 13.5. The van der Waals surface area contributed by atoms with Crippen molar-refractivity contribution in [2.24, 2.45) is 0 Å². The van der Waals surface area contributed by atoms with Gasteiger partial charge >= 0.3 is 5.97 Å². The highest BCUT2D eigenvalue weighted by Crippen LogP contribution is 2.16. The third kappa shape index (κ3) is 4.44. The molecule has 0 amide bonds. The molecule has 4 heteroatoms. The van der Waals surface area contributed by atoms with Crippen LogP contribution in [-0.2, 0) is 16.1 Å². The molecule has 0 aliphatic carbocycles. The highest BCUT2D eigenvalue weighted by molar-refractivity contribution is 5.69. The molecule has 1 unspecified atom stereocenters. The number of hydrogen-bond acceptors (Lipinski definition) is 4. The Morgan fingerprint density at radius 2 is 2.06 bits per heavy atom. The van der Waals surface area contributed by atoms with Gasteiger partial charge in [0, 0.05) is 18.2 Å². The quantitative estimate of drug-likeness (QED) is 0.765. The van der Waals surface area contributed by atoms with Crippen LogP contribution in [0.3, 0.4) is 0 Å². The molecule has 1 atom stereocenters. The molecular formula is C13H19NO3. The van der Waals surface area contributed by atoms with Crippen LogP contribution in [0.5, 0.6) is 5.75 Å². The molecule has 0 saturated heterocycles. The van der Waals surface area contributed by atoms with Crippen LogP contribution < -0.4 is 10.1 Å². The molecule has 0 heterocycles. The van der Waals surface area contributed by atoms with Gasteiger partial charge in [0.15, 0.2) is 0 Å². The first-order valence-electron chi connectivity index (χ1n) is 5.59. The molecule has 0 bridgehead atoms. The van der Waals surface area contributed by atoms with E-state index in [4.69, 9.17) is 4.74 Å². The van der Waals surface area contributed by atoms with Gasteiger partial charge in [-0.2, -0.15) is 0 Å². The zero-order valence-corrected chi connectivity index (χ0v) is 10.5. The van der Waals surface area contributed by atoms with Crippen LogP contribution >= 0.6 is 0 Å². The van der Waals surface area contributed by atoms with Crippen molar-refractivity contribution in [1.29, 1.82) is 0 Å². The van der Waals surface area contributed by atoms with E-state index in [-0.39, 0.29) is 12.0 Å². The SMILES string of the molecule is COC(=O)CC(C)NCc1ccccc1OC. The van der Waals surface area contributed by atoms with Gasteiger partial charge in [-0.1, -0.05) is 18.2 Å². The fourth-order valence-electron chi connectivity index (χ4n) is 1.54. The Kier molecular flexibility index (Phi) is 5.49. The van der Waals surface area contributed by atoms with Crippen LogP contribution in [0.1, 0.15) is 18.9 Å². The van der Waals surface area contributed by atoms with E-state index in [0.717, 1.165) is 11.3 Å². The second-order valence-electron chi connectivity index (χ2n) is 3.87. The fraction of sp³-hybridized carbons (Fsp3) is 0.462. The summed E-state index contributed by atoms with van der Waals surface area (Å²) < 4.78 is 9.86. The maximum Gasteiger partial charge on any atom is 0.307 e. The minimum Gasteiger partial charge on any atom is -0.496 e. The van der Waals surface area contributed by atoms with E-state index < -0.39 is 0 Å². The molecule has 17 heavy (non-hydrogen) atoms. The third-order valence-corrected chi connectivity index (χ3v) is 2.53. The largest absolute Gasteiger partial charge is 0.496 e. The third-order valence-electron chi connectivity index (χ3n) is 2.53. The minimum atomic E-state index is -0.204. The predicted molar refractivity (Wildman–Crippen MR) is 65.9 cm³/mol. The summed E-state index contributed by atoms with van der Waals surface area (Å²) in [5.41, 5.74) is 1.08. The van der Waals surface area contributed by atoms with Crippen LogP contribution in [0.2, 0.25) is 0 Å². The van der Waals surface area contributed by atoms with E-state index in [1.54, 1.807) is 7.11 Å². The second-order valence-corrected chi connectivity index (χ2v) is 3.87. The van der Waals surface area contributed by atoms with E-state index in [2.05, 4.69) is 10.1 Å². The molecule has 0 radical (unpaired) electrons. The van der Waals surface area contributed by atoms with E-state index in [9.17, 15) is 4.79 Å². The summed E-state index contributed by atoms with van der Waals surface area (Å²) in [6.07, 6.45) is 0.367. The highest BCUT2D eigenvalue weighted by Gasteiger charge is 2.09. The van der Waals surface area contributed by atoms with E-state index in [1.807, 2.05) is 31.2 Å². The van der Waals surface area contributed by atoms with Crippen LogP contribution in [0, 0.1) is 0 Å². The topological polar surface area (TPSA) is 47.6 Å². The summed E-state index contributed by atoms with van der Waals surface area (Å²) in [6.45, 7) is 2.62. The van der Waals surface area contributed by atoms with Gasteiger partial charge in [-0.15, -0.1) is 0 Å².